The van der Waals surface area contributed by atoms with Gasteiger partial charge in [-0.2, -0.15) is 0 Å². The molecular formula is C28H25N. The summed E-state index contributed by atoms with van der Waals surface area (Å²) >= 11 is 0. The van der Waals surface area contributed by atoms with E-state index >= 15 is 0 Å². The molecule has 4 aromatic carbocycles. The number of rotatable bonds is 5. The Hall–Kier alpha value is -3.19. The van der Waals surface area contributed by atoms with Crippen molar-refractivity contribution in [2.75, 3.05) is 0 Å². The molecule has 1 aliphatic rings. The van der Waals surface area contributed by atoms with E-state index in [1.165, 1.54) is 44.2 Å². The molecule has 0 atom stereocenters. The molecule has 5 rings (SSSR count). The molecular weight excluding hydrogens is 350 g/mol. The van der Waals surface area contributed by atoms with Crippen LogP contribution in [0.2, 0.25) is 0 Å². The first-order valence-corrected chi connectivity index (χ1v) is 10.6. The van der Waals surface area contributed by atoms with Crippen molar-refractivity contribution < 1.29 is 0 Å². The van der Waals surface area contributed by atoms with E-state index in [4.69, 9.17) is 5.41 Å². The summed E-state index contributed by atoms with van der Waals surface area (Å²) in [6, 6.07) is 28.5. The molecule has 0 saturated carbocycles. The van der Waals surface area contributed by atoms with Gasteiger partial charge < -0.3 is 5.41 Å². The zero-order chi connectivity index (χ0) is 19.8. The molecule has 0 fully saturated rings. The summed E-state index contributed by atoms with van der Waals surface area (Å²) in [5.41, 5.74) is 9.06. The molecule has 1 aliphatic carbocycles. The van der Waals surface area contributed by atoms with Gasteiger partial charge in [-0.1, -0.05) is 86.1 Å². The molecule has 0 unspecified atom stereocenters. The third kappa shape index (κ3) is 2.81. The van der Waals surface area contributed by atoms with Gasteiger partial charge in [0.2, 0.25) is 0 Å². The Kier molecular flexibility index (Phi) is 4.52. The van der Waals surface area contributed by atoms with Gasteiger partial charge in [-0.15, -0.1) is 0 Å². The SMILES string of the molecule is CCCCc1c(C=N)c(C2c3ccccc3-c3ccccc32)cc2ccccc12. The van der Waals surface area contributed by atoms with Gasteiger partial charge in [0.25, 0.3) is 0 Å². The monoisotopic (exact) mass is 375 g/mol. The number of unbranched alkanes of at least 4 members (excludes halogenated alkanes) is 1. The fourth-order valence-electron chi connectivity index (χ4n) is 4.99. The molecule has 4 aromatic rings. The quantitative estimate of drug-likeness (QED) is 0.311. The van der Waals surface area contributed by atoms with Gasteiger partial charge in [-0.25, -0.2) is 0 Å². The lowest BCUT2D eigenvalue weighted by molar-refractivity contribution is 0.796. The van der Waals surface area contributed by atoms with Crippen LogP contribution in [0.5, 0.6) is 0 Å². The van der Waals surface area contributed by atoms with E-state index in [0.717, 1.165) is 24.8 Å². The number of aryl methyl sites for hydroxylation is 1. The van der Waals surface area contributed by atoms with Crippen LogP contribution in [0, 0.1) is 5.41 Å². The predicted octanol–water partition coefficient (Wildman–Crippen LogP) is 7.34. The number of nitrogens with one attached hydrogen (secondary N) is 1. The van der Waals surface area contributed by atoms with Crippen molar-refractivity contribution in [3.8, 4) is 11.1 Å². The van der Waals surface area contributed by atoms with E-state index in [9.17, 15) is 0 Å². The zero-order valence-electron chi connectivity index (χ0n) is 16.8. The number of hydrogen-bond donors (Lipinski definition) is 1. The molecule has 1 heteroatoms. The third-order valence-electron chi connectivity index (χ3n) is 6.30. The Morgan fingerprint density at radius 3 is 2.07 bits per heavy atom. The summed E-state index contributed by atoms with van der Waals surface area (Å²) in [6.07, 6.45) is 4.92. The Morgan fingerprint density at radius 2 is 1.41 bits per heavy atom. The average molecular weight is 376 g/mol. The highest BCUT2D eigenvalue weighted by Gasteiger charge is 2.31. The van der Waals surface area contributed by atoms with Crippen LogP contribution in [0.4, 0.5) is 0 Å². The molecule has 0 heterocycles. The second-order valence-corrected chi connectivity index (χ2v) is 7.93. The molecule has 0 saturated heterocycles. The minimum absolute atomic E-state index is 0.184. The predicted molar refractivity (Wildman–Crippen MR) is 123 cm³/mol. The van der Waals surface area contributed by atoms with Gasteiger partial charge in [-0.3, -0.25) is 0 Å². The first kappa shape index (κ1) is 17.9. The normalized spacial score (nSPS) is 12.7. The Balaban J connectivity index is 1.83. The third-order valence-corrected chi connectivity index (χ3v) is 6.30. The lowest BCUT2D eigenvalue weighted by atomic mass is 9.82. The zero-order valence-corrected chi connectivity index (χ0v) is 16.8. The van der Waals surface area contributed by atoms with Crippen LogP contribution in [0.25, 0.3) is 21.9 Å². The first-order valence-electron chi connectivity index (χ1n) is 10.6. The smallest absolute Gasteiger partial charge is 0.0359 e. The fraction of sp³-hybridized carbons (Fsp3) is 0.179. The second kappa shape index (κ2) is 7.33. The van der Waals surface area contributed by atoms with E-state index in [2.05, 4.69) is 85.8 Å². The first-order chi connectivity index (χ1) is 14.3. The summed E-state index contributed by atoms with van der Waals surface area (Å²) in [5, 5.41) is 10.9. The van der Waals surface area contributed by atoms with Crippen LogP contribution in [0.15, 0.2) is 78.9 Å². The van der Waals surface area contributed by atoms with Crippen molar-refractivity contribution >= 4 is 17.0 Å². The highest BCUT2D eigenvalue weighted by molar-refractivity contribution is 5.97. The van der Waals surface area contributed by atoms with Crippen LogP contribution in [-0.4, -0.2) is 6.21 Å². The van der Waals surface area contributed by atoms with E-state index in [0.29, 0.717) is 0 Å². The van der Waals surface area contributed by atoms with E-state index in [1.54, 1.807) is 6.21 Å². The number of hydrogen-bond acceptors (Lipinski definition) is 1. The average Bonchev–Trinajstić information content (AvgIpc) is 3.11. The van der Waals surface area contributed by atoms with Crippen molar-refractivity contribution in [2.24, 2.45) is 0 Å². The molecule has 0 radical (unpaired) electrons. The molecule has 0 aromatic heterocycles. The second-order valence-electron chi connectivity index (χ2n) is 7.93. The lowest BCUT2D eigenvalue weighted by Gasteiger charge is -2.21. The van der Waals surface area contributed by atoms with E-state index in [-0.39, 0.29) is 5.92 Å². The van der Waals surface area contributed by atoms with Crippen LogP contribution in [0.3, 0.4) is 0 Å². The molecule has 142 valence electrons. The Labute approximate surface area is 172 Å². The number of fused-ring (bicyclic) bond motifs is 4. The van der Waals surface area contributed by atoms with Crippen molar-refractivity contribution in [2.45, 2.75) is 32.1 Å². The lowest BCUT2D eigenvalue weighted by Crippen LogP contribution is -2.07. The molecule has 29 heavy (non-hydrogen) atoms. The Morgan fingerprint density at radius 1 is 0.793 bits per heavy atom. The van der Waals surface area contributed by atoms with Crippen molar-refractivity contribution in [1.29, 1.82) is 5.41 Å². The van der Waals surface area contributed by atoms with E-state index in [1.807, 2.05) is 0 Å². The van der Waals surface area contributed by atoms with Gasteiger partial charge in [-0.05, 0) is 68.6 Å². The van der Waals surface area contributed by atoms with E-state index < -0.39 is 0 Å². The van der Waals surface area contributed by atoms with Gasteiger partial charge in [0, 0.05) is 12.1 Å². The summed E-state index contributed by atoms with van der Waals surface area (Å²) < 4.78 is 0. The van der Waals surface area contributed by atoms with Gasteiger partial charge >= 0.3 is 0 Å². The molecule has 1 nitrogen and oxygen atoms in total. The van der Waals surface area contributed by atoms with Gasteiger partial charge in [0.05, 0.1) is 0 Å². The highest BCUT2D eigenvalue weighted by Crippen LogP contribution is 2.49. The summed E-state index contributed by atoms with van der Waals surface area (Å²) in [6.45, 7) is 2.24. The largest absolute Gasteiger partial charge is 0.308 e. The highest BCUT2D eigenvalue weighted by atomic mass is 14.4. The Bertz CT molecular complexity index is 1170. The van der Waals surface area contributed by atoms with Crippen molar-refractivity contribution in [1.82, 2.24) is 0 Å². The number of benzene rings is 4. The molecule has 0 aliphatic heterocycles. The van der Waals surface area contributed by atoms with Gasteiger partial charge in [0.1, 0.15) is 0 Å². The molecule has 1 N–H and O–H groups in total. The maximum atomic E-state index is 8.34. The van der Waals surface area contributed by atoms with Crippen LogP contribution in [-0.2, 0) is 6.42 Å². The van der Waals surface area contributed by atoms with Crippen LogP contribution >= 0.6 is 0 Å². The van der Waals surface area contributed by atoms with Gasteiger partial charge in [0.15, 0.2) is 0 Å². The van der Waals surface area contributed by atoms with Crippen LogP contribution < -0.4 is 0 Å². The molecule has 0 spiro atoms. The minimum atomic E-state index is 0.184. The van der Waals surface area contributed by atoms with Crippen molar-refractivity contribution in [3.63, 3.8) is 0 Å². The maximum Gasteiger partial charge on any atom is 0.0359 e. The fourth-order valence-corrected chi connectivity index (χ4v) is 4.99. The van der Waals surface area contributed by atoms with Crippen LogP contribution in [0.1, 0.15) is 53.5 Å². The summed E-state index contributed by atoms with van der Waals surface area (Å²) in [5.74, 6) is 0.184. The summed E-state index contributed by atoms with van der Waals surface area (Å²) in [4.78, 5) is 0. The topological polar surface area (TPSA) is 23.9 Å². The maximum absolute atomic E-state index is 8.34. The molecule has 0 bridgehead atoms. The van der Waals surface area contributed by atoms with Crippen molar-refractivity contribution in [3.05, 3.63) is 107 Å². The standard InChI is InChI=1S/C28H25N/c1-2-3-11-21-20-12-5-4-10-19(20)17-26(27(21)18-29)28-24-15-8-6-13-22(24)23-14-7-9-16-25(23)28/h4-10,12-18,28-29H,2-3,11H2,1H3. The molecule has 0 amide bonds. The summed E-state index contributed by atoms with van der Waals surface area (Å²) in [7, 11) is 0. The minimum Gasteiger partial charge on any atom is -0.308 e.